The highest BCUT2D eigenvalue weighted by molar-refractivity contribution is 5.67. The van der Waals surface area contributed by atoms with Gasteiger partial charge in [-0.2, -0.15) is 0 Å². The number of hydrogen-bond acceptors (Lipinski definition) is 4. The Labute approximate surface area is 124 Å². The maximum atomic E-state index is 10.8. The van der Waals surface area contributed by atoms with Gasteiger partial charge in [-0.15, -0.1) is 0 Å². The third-order valence-corrected chi connectivity index (χ3v) is 3.24. The van der Waals surface area contributed by atoms with E-state index in [1.54, 1.807) is 13.8 Å². The molecular weight excluding hydrogens is 272 g/mol. The van der Waals surface area contributed by atoms with E-state index < -0.39 is 11.8 Å². The second-order valence-electron chi connectivity index (χ2n) is 5.71. The number of aliphatic carboxylic acids is 1. The van der Waals surface area contributed by atoms with Crippen LogP contribution in [0.25, 0.3) is 0 Å². The molecule has 1 aromatic rings. The monoisotopic (exact) mass is 294 g/mol. The standard InChI is InChI=1S/C16H22O5/c1-16(2)20-13(9-15(17)18)8-14(21-16)11-19-10-12-6-4-3-5-7-12/h3-7,13-14H,8-11H2,1-2H3,(H,17,18)/t13-,14+/m1/s1. The van der Waals surface area contributed by atoms with E-state index in [4.69, 9.17) is 19.3 Å². The summed E-state index contributed by atoms with van der Waals surface area (Å²) in [6.07, 6.45) is 0.0327. The number of rotatable bonds is 6. The number of carbonyl (C=O) groups is 1. The Bertz CT molecular complexity index is 457. The second-order valence-corrected chi connectivity index (χ2v) is 5.71. The van der Waals surface area contributed by atoms with Gasteiger partial charge in [-0.1, -0.05) is 30.3 Å². The lowest BCUT2D eigenvalue weighted by atomic mass is 10.1. The smallest absolute Gasteiger partial charge is 0.305 e. The highest BCUT2D eigenvalue weighted by Crippen LogP contribution is 2.28. The van der Waals surface area contributed by atoms with Gasteiger partial charge >= 0.3 is 5.97 Å². The fourth-order valence-electron chi connectivity index (χ4n) is 2.52. The van der Waals surface area contributed by atoms with Crippen molar-refractivity contribution in [1.29, 1.82) is 0 Å². The Morgan fingerprint density at radius 2 is 1.95 bits per heavy atom. The van der Waals surface area contributed by atoms with Crippen molar-refractivity contribution >= 4 is 5.97 Å². The van der Waals surface area contributed by atoms with E-state index in [2.05, 4.69) is 0 Å². The molecule has 0 spiro atoms. The normalized spacial score (nSPS) is 24.7. The van der Waals surface area contributed by atoms with Crippen molar-refractivity contribution in [2.24, 2.45) is 0 Å². The van der Waals surface area contributed by atoms with Gasteiger partial charge in [0.1, 0.15) is 0 Å². The molecule has 1 aromatic carbocycles. The van der Waals surface area contributed by atoms with Gasteiger partial charge in [-0.05, 0) is 19.4 Å². The molecule has 1 fully saturated rings. The molecule has 21 heavy (non-hydrogen) atoms. The first-order valence-corrected chi connectivity index (χ1v) is 7.14. The molecular formula is C16H22O5. The molecule has 0 aromatic heterocycles. The van der Waals surface area contributed by atoms with Gasteiger partial charge in [-0.3, -0.25) is 4.79 Å². The summed E-state index contributed by atoms with van der Waals surface area (Å²) in [4.78, 5) is 10.8. The van der Waals surface area contributed by atoms with Crippen molar-refractivity contribution in [1.82, 2.24) is 0 Å². The molecule has 1 saturated heterocycles. The van der Waals surface area contributed by atoms with Gasteiger partial charge in [-0.25, -0.2) is 0 Å². The van der Waals surface area contributed by atoms with Crippen LogP contribution in [0.2, 0.25) is 0 Å². The summed E-state index contributed by atoms with van der Waals surface area (Å²) in [6, 6.07) is 9.90. The van der Waals surface area contributed by atoms with Gasteiger partial charge in [0.25, 0.3) is 0 Å². The van der Waals surface area contributed by atoms with Gasteiger partial charge in [0, 0.05) is 6.42 Å². The van der Waals surface area contributed by atoms with Crippen LogP contribution in [0.15, 0.2) is 30.3 Å². The molecule has 0 radical (unpaired) electrons. The van der Waals surface area contributed by atoms with E-state index in [9.17, 15) is 4.79 Å². The fourth-order valence-corrected chi connectivity index (χ4v) is 2.52. The number of carboxylic acids is 1. The van der Waals surface area contributed by atoms with E-state index in [0.717, 1.165) is 5.56 Å². The molecule has 1 aliphatic rings. The molecule has 0 unspecified atom stereocenters. The summed E-state index contributed by atoms with van der Waals surface area (Å²) in [5.74, 6) is -1.64. The Hall–Kier alpha value is -1.43. The zero-order valence-electron chi connectivity index (χ0n) is 12.5. The lowest BCUT2D eigenvalue weighted by molar-refractivity contribution is -0.305. The van der Waals surface area contributed by atoms with Crippen LogP contribution in [0.4, 0.5) is 0 Å². The van der Waals surface area contributed by atoms with Crippen molar-refractivity contribution in [3.05, 3.63) is 35.9 Å². The lowest BCUT2D eigenvalue weighted by Gasteiger charge is -2.40. The predicted octanol–water partition coefficient (Wildman–Crippen LogP) is 2.59. The number of carboxylic acid groups (broad SMARTS) is 1. The Morgan fingerprint density at radius 1 is 1.29 bits per heavy atom. The maximum absolute atomic E-state index is 10.8. The highest BCUT2D eigenvalue weighted by Gasteiger charge is 2.36. The summed E-state index contributed by atoms with van der Waals surface area (Å²) in [6.45, 7) is 4.54. The molecule has 5 nitrogen and oxygen atoms in total. The van der Waals surface area contributed by atoms with Crippen LogP contribution in [0.5, 0.6) is 0 Å². The number of hydrogen-bond donors (Lipinski definition) is 1. The summed E-state index contributed by atoms with van der Waals surface area (Å²) in [7, 11) is 0. The van der Waals surface area contributed by atoms with Crippen molar-refractivity contribution in [3.8, 4) is 0 Å². The molecule has 2 atom stereocenters. The minimum Gasteiger partial charge on any atom is -0.481 e. The molecule has 0 bridgehead atoms. The fraction of sp³-hybridized carbons (Fsp3) is 0.562. The summed E-state index contributed by atoms with van der Waals surface area (Å²) >= 11 is 0. The van der Waals surface area contributed by atoms with Crippen LogP contribution in [0.3, 0.4) is 0 Å². The first-order valence-electron chi connectivity index (χ1n) is 7.14. The van der Waals surface area contributed by atoms with E-state index in [-0.39, 0.29) is 18.6 Å². The topological polar surface area (TPSA) is 65.0 Å². The Morgan fingerprint density at radius 3 is 2.62 bits per heavy atom. The van der Waals surface area contributed by atoms with Gasteiger partial charge in [0.15, 0.2) is 5.79 Å². The first kappa shape index (κ1) is 15.9. The number of benzene rings is 1. The lowest BCUT2D eigenvalue weighted by Crippen LogP contribution is -2.46. The summed E-state index contributed by atoms with van der Waals surface area (Å²) < 4.78 is 17.1. The maximum Gasteiger partial charge on any atom is 0.305 e. The van der Waals surface area contributed by atoms with E-state index in [1.807, 2.05) is 30.3 Å². The Balaban J connectivity index is 1.82. The molecule has 0 aliphatic carbocycles. The van der Waals surface area contributed by atoms with Crippen molar-refractivity contribution in [2.45, 2.75) is 51.3 Å². The van der Waals surface area contributed by atoms with Crippen LogP contribution >= 0.6 is 0 Å². The zero-order valence-corrected chi connectivity index (χ0v) is 12.5. The van der Waals surface area contributed by atoms with Crippen LogP contribution in [0, 0.1) is 0 Å². The largest absolute Gasteiger partial charge is 0.481 e. The van der Waals surface area contributed by atoms with E-state index >= 15 is 0 Å². The van der Waals surface area contributed by atoms with Gasteiger partial charge in [0.2, 0.25) is 0 Å². The van der Waals surface area contributed by atoms with Crippen molar-refractivity contribution in [2.75, 3.05) is 6.61 Å². The van der Waals surface area contributed by atoms with Crippen LogP contribution < -0.4 is 0 Å². The SMILES string of the molecule is CC1(C)O[C@H](COCc2ccccc2)C[C@H](CC(=O)O)O1. The average molecular weight is 294 g/mol. The van der Waals surface area contributed by atoms with Gasteiger partial charge < -0.3 is 19.3 Å². The molecule has 116 valence electrons. The molecule has 1 heterocycles. The predicted molar refractivity (Wildman–Crippen MR) is 76.8 cm³/mol. The van der Waals surface area contributed by atoms with Crippen LogP contribution in [0.1, 0.15) is 32.3 Å². The molecule has 0 amide bonds. The van der Waals surface area contributed by atoms with Crippen LogP contribution in [-0.2, 0) is 25.6 Å². The third-order valence-electron chi connectivity index (χ3n) is 3.24. The second kappa shape index (κ2) is 7.02. The van der Waals surface area contributed by atoms with Crippen LogP contribution in [-0.4, -0.2) is 35.7 Å². The quantitative estimate of drug-likeness (QED) is 0.873. The Kier molecular flexibility index (Phi) is 5.33. The molecule has 0 saturated carbocycles. The molecule has 2 rings (SSSR count). The zero-order chi connectivity index (χ0) is 15.3. The van der Waals surface area contributed by atoms with E-state index in [0.29, 0.717) is 19.6 Å². The highest BCUT2D eigenvalue weighted by atomic mass is 16.7. The molecule has 1 N–H and O–H groups in total. The van der Waals surface area contributed by atoms with E-state index in [1.165, 1.54) is 0 Å². The third kappa shape index (κ3) is 5.46. The van der Waals surface area contributed by atoms with Crippen molar-refractivity contribution in [3.63, 3.8) is 0 Å². The molecule has 1 aliphatic heterocycles. The molecule has 5 heteroatoms. The first-order chi connectivity index (χ1) is 9.94. The number of ether oxygens (including phenoxy) is 3. The van der Waals surface area contributed by atoms with Gasteiger partial charge in [0.05, 0.1) is 31.8 Å². The minimum atomic E-state index is -0.860. The summed E-state index contributed by atoms with van der Waals surface area (Å²) in [5, 5.41) is 8.89. The minimum absolute atomic E-state index is 0.0119. The summed E-state index contributed by atoms with van der Waals surface area (Å²) in [5.41, 5.74) is 1.10. The van der Waals surface area contributed by atoms with Crippen molar-refractivity contribution < 1.29 is 24.1 Å². The average Bonchev–Trinajstić information content (AvgIpc) is 2.37.